The van der Waals surface area contributed by atoms with Gasteiger partial charge in [0.2, 0.25) is 0 Å². The molecule has 6 heteroatoms. The van der Waals surface area contributed by atoms with Gasteiger partial charge in [0.15, 0.2) is 0 Å². The number of carboxylic acids is 1. The number of rotatable bonds is 5. The lowest BCUT2D eigenvalue weighted by molar-refractivity contribution is -0.138. The van der Waals surface area contributed by atoms with Crippen molar-refractivity contribution in [1.82, 2.24) is 9.97 Å². The number of pyridine rings is 2. The Morgan fingerprint density at radius 1 is 1.19 bits per heavy atom. The molecule has 1 aliphatic heterocycles. The normalized spacial score (nSPS) is 16.8. The van der Waals surface area contributed by atoms with Gasteiger partial charge in [-0.3, -0.25) is 4.98 Å². The van der Waals surface area contributed by atoms with Crippen molar-refractivity contribution in [2.45, 2.75) is 25.4 Å². The van der Waals surface area contributed by atoms with Crippen LogP contribution in [0.5, 0.6) is 0 Å². The molecule has 1 aliphatic rings. The van der Waals surface area contributed by atoms with Crippen molar-refractivity contribution in [3.8, 4) is 0 Å². The molecule has 0 aliphatic carbocycles. The third kappa shape index (κ3) is 3.06. The van der Waals surface area contributed by atoms with Crippen molar-refractivity contribution < 1.29 is 9.90 Å². The van der Waals surface area contributed by atoms with Crippen LogP contribution in [-0.4, -0.2) is 33.6 Å². The maximum Gasteiger partial charge on any atom is 0.326 e. The molecule has 26 heavy (non-hydrogen) atoms. The maximum atomic E-state index is 11.6. The fraction of sp³-hybridized carbons (Fsp3) is 0.250. The molecule has 1 atom stereocenters. The van der Waals surface area contributed by atoms with Crippen molar-refractivity contribution in [3.63, 3.8) is 0 Å². The zero-order valence-corrected chi connectivity index (χ0v) is 14.3. The first kappa shape index (κ1) is 16.3. The lowest BCUT2D eigenvalue weighted by atomic mass is 10.1. The number of benzene rings is 1. The molecule has 3 heterocycles. The van der Waals surface area contributed by atoms with E-state index in [1.165, 1.54) is 0 Å². The molecule has 1 fully saturated rings. The van der Waals surface area contributed by atoms with Crippen LogP contribution in [0.15, 0.2) is 55.0 Å². The number of anilines is 2. The quantitative estimate of drug-likeness (QED) is 0.737. The highest BCUT2D eigenvalue weighted by Gasteiger charge is 2.32. The second kappa shape index (κ2) is 7.00. The van der Waals surface area contributed by atoms with E-state index in [-0.39, 0.29) is 0 Å². The van der Waals surface area contributed by atoms with Crippen molar-refractivity contribution in [3.05, 3.63) is 60.6 Å². The summed E-state index contributed by atoms with van der Waals surface area (Å²) in [5, 5.41) is 14.9. The van der Waals surface area contributed by atoms with Crippen LogP contribution in [0.25, 0.3) is 10.8 Å². The summed E-state index contributed by atoms with van der Waals surface area (Å²) >= 11 is 0. The van der Waals surface area contributed by atoms with Gasteiger partial charge < -0.3 is 15.3 Å². The fourth-order valence-corrected chi connectivity index (χ4v) is 3.52. The lowest BCUT2D eigenvalue weighted by Crippen LogP contribution is -2.36. The zero-order valence-electron chi connectivity index (χ0n) is 14.3. The molecule has 1 saturated heterocycles. The second-order valence-electron chi connectivity index (χ2n) is 6.44. The number of carboxylic acid groups (broad SMARTS) is 1. The Morgan fingerprint density at radius 2 is 1.96 bits per heavy atom. The first-order chi connectivity index (χ1) is 12.7. The van der Waals surface area contributed by atoms with Crippen molar-refractivity contribution in [2.75, 3.05) is 16.8 Å². The molecule has 1 aromatic carbocycles. The van der Waals surface area contributed by atoms with Gasteiger partial charge in [-0.15, -0.1) is 0 Å². The number of nitrogens with one attached hydrogen (secondary N) is 1. The molecule has 4 rings (SSSR count). The minimum absolute atomic E-state index is 0.499. The highest BCUT2D eigenvalue weighted by atomic mass is 16.4. The van der Waals surface area contributed by atoms with Crippen molar-refractivity contribution in [1.29, 1.82) is 0 Å². The van der Waals surface area contributed by atoms with Gasteiger partial charge in [0.25, 0.3) is 0 Å². The average molecular weight is 348 g/mol. The van der Waals surface area contributed by atoms with E-state index in [4.69, 9.17) is 0 Å². The van der Waals surface area contributed by atoms with E-state index >= 15 is 0 Å². The standard InChI is InChI=1S/C20H20N4O2/c25-20(26)18-6-3-11-24(18)19-16-5-2-1-4-15(16)17(13-23-19)22-12-14-7-9-21-10-8-14/h1-2,4-5,7-10,13,18,22H,3,6,11-12H2,(H,25,26). The highest BCUT2D eigenvalue weighted by Crippen LogP contribution is 2.34. The Labute approximate surface area is 151 Å². The molecule has 2 N–H and O–H groups in total. The molecular formula is C20H20N4O2. The minimum Gasteiger partial charge on any atom is -0.480 e. The SMILES string of the molecule is O=C(O)C1CCCN1c1ncc(NCc2ccncc2)c2ccccc12. The van der Waals surface area contributed by atoms with Gasteiger partial charge in [-0.2, -0.15) is 0 Å². The number of fused-ring (bicyclic) bond motifs is 1. The predicted molar refractivity (Wildman–Crippen MR) is 101 cm³/mol. The Hall–Kier alpha value is -3.15. The van der Waals surface area contributed by atoms with E-state index in [0.717, 1.165) is 40.8 Å². The van der Waals surface area contributed by atoms with E-state index < -0.39 is 12.0 Å². The predicted octanol–water partition coefficient (Wildman–Crippen LogP) is 3.30. The van der Waals surface area contributed by atoms with E-state index in [1.54, 1.807) is 18.6 Å². The highest BCUT2D eigenvalue weighted by molar-refractivity contribution is 6.01. The number of aromatic nitrogens is 2. The summed E-state index contributed by atoms with van der Waals surface area (Å²) in [5.41, 5.74) is 2.07. The smallest absolute Gasteiger partial charge is 0.326 e. The van der Waals surface area contributed by atoms with Gasteiger partial charge in [-0.25, -0.2) is 9.78 Å². The second-order valence-corrected chi connectivity index (χ2v) is 6.44. The molecule has 2 aromatic heterocycles. The van der Waals surface area contributed by atoms with Crippen molar-refractivity contribution >= 4 is 28.2 Å². The van der Waals surface area contributed by atoms with Gasteiger partial charge in [-0.05, 0) is 30.5 Å². The molecule has 0 amide bonds. The van der Waals surface area contributed by atoms with Crippen LogP contribution >= 0.6 is 0 Å². The number of nitrogens with zero attached hydrogens (tertiary/aromatic N) is 3. The van der Waals surface area contributed by atoms with Gasteiger partial charge in [0.1, 0.15) is 11.9 Å². The summed E-state index contributed by atoms with van der Waals surface area (Å²) in [6, 6.07) is 11.4. The first-order valence-corrected chi connectivity index (χ1v) is 8.74. The molecule has 0 saturated carbocycles. The Bertz CT molecular complexity index is 930. The summed E-state index contributed by atoms with van der Waals surface area (Å²) in [6.45, 7) is 1.40. The van der Waals surface area contributed by atoms with E-state index in [1.807, 2.05) is 41.3 Å². The largest absolute Gasteiger partial charge is 0.480 e. The number of aliphatic carboxylic acids is 1. The molecule has 0 spiro atoms. The summed E-state index contributed by atoms with van der Waals surface area (Å²) in [5.74, 6) is -0.0340. The monoisotopic (exact) mass is 348 g/mol. The molecular weight excluding hydrogens is 328 g/mol. The van der Waals surface area contributed by atoms with Crippen LogP contribution < -0.4 is 10.2 Å². The topological polar surface area (TPSA) is 78.3 Å². The first-order valence-electron chi connectivity index (χ1n) is 8.74. The molecule has 6 nitrogen and oxygen atoms in total. The third-order valence-corrected chi connectivity index (χ3v) is 4.82. The Kier molecular flexibility index (Phi) is 4.39. The molecule has 3 aromatic rings. The summed E-state index contributed by atoms with van der Waals surface area (Å²) in [7, 11) is 0. The minimum atomic E-state index is -0.784. The molecule has 0 bridgehead atoms. The van der Waals surface area contributed by atoms with Crippen LogP contribution in [0.1, 0.15) is 18.4 Å². The molecule has 0 radical (unpaired) electrons. The third-order valence-electron chi connectivity index (χ3n) is 4.82. The summed E-state index contributed by atoms with van der Waals surface area (Å²) in [4.78, 5) is 22.1. The molecule has 132 valence electrons. The molecule has 1 unspecified atom stereocenters. The van der Waals surface area contributed by atoms with Gasteiger partial charge in [-0.1, -0.05) is 24.3 Å². The zero-order chi connectivity index (χ0) is 17.9. The van der Waals surface area contributed by atoms with Crippen LogP contribution in [0.3, 0.4) is 0 Å². The Balaban J connectivity index is 1.68. The van der Waals surface area contributed by atoms with E-state index in [9.17, 15) is 9.90 Å². The summed E-state index contributed by atoms with van der Waals surface area (Å²) in [6.07, 6.45) is 6.88. The van der Waals surface area contributed by atoms with E-state index in [2.05, 4.69) is 15.3 Å². The van der Waals surface area contributed by atoms with Crippen molar-refractivity contribution in [2.24, 2.45) is 0 Å². The summed E-state index contributed by atoms with van der Waals surface area (Å²) < 4.78 is 0. The van der Waals surface area contributed by atoms with Gasteiger partial charge >= 0.3 is 5.97 Å². The Morgan fingerprint density at radius 3 is 2.73 bits per heavy atom. The maximum absolute atomic E-state index is 11.6. The number of hydrogen-bond acceptors (Lipinski definition) is 5. The average Bonchev–Trinajstić information content (AvgIpc) is 3.17. The number of hydrogen-bond donors (Lipinski definition) is 2. The fourth-order valence-electron chi connectivity index (χ4n) is 3.52. The van der Waals surface area contributed by atoms with Gasteiger partial charge in [0, 0.05) is 36.3 Å². The van der Waals surface area contributed by atoms with Gasteiger partial charge in [0.05, 0.1) is 11.9 Å². The van der Waals surface area contributed by atoms with Crippen LogP contribution in [0.4, 0.5) is 11.5 Å². The van der Waals surface area contributed by atoms with Crippen LogP contribution in [-0.2, 0) is 11.3 Å². The van der Waals surface area contributed by atoms with Crippen LogP contribution in [0.2, 0.25) is 0 Å². The lowest BCUT2D eigenvalue weighted by Gasteiger charge is -2.24. The van der Waals surface area contributed by atoms with Crippen LogP contribution in [0, 0.1) is 0 Å². The van der Waals surface area contributed by atoms with E-state index in [0.29, 0.717) is 13.0 Å². The number of carbonyl (C=O) groups is 1.